The van der Waals surface area contributed by atoms with Crippen LogP contribution in [0.5, 0.6) is 5.75 Å². The zero-order valence-corrected chi connectivity index (χ0v) is 16.9. The Hall–Kier alpha value is -4.24. The number of furan rings is 1. The van der Waals surface area contributed by atoms with Gasteiger partial charge in [-0.05, 0) is 38.5 Å². The van der Waals surface area contributed by atoms with Gasteiger partial charge >= 0.3 is 6.09 Å². The first-order chi connectivity index (χ1) is 14.1. The average molecular weight is 408 g/mol. The number of ether oxygens (including phenoxy) is 1. The summed E-state index contributed by atoms with van der Waals surface area (Å²) in [4.78, 5) is 25.5. The number of nitriles is 2. The summed E-state index contributed by atoms with van der Waals surface area (Å²) < 4.78 is 10.5. The van der Waals surface area contributed by atoms with E-state index in [9.17, 15) is 20.0 Å². The molecule has 0 atom stereocenters. The largest absolute Gasteiger partial charge is 0.507 e. The van der Waals surface area contributed by atoms with E-state index in [-0.39, 0.29) is 28.4 Å². The number of amides is 2. The number of aromatic hydroxyl groups is 1. The van der Waals surface area contributed by atoms with Gasteiger partial charge in [0.25, 0.3) is 5.91 Å². The molecule has 0 saturated heterocycles. The van der Waals surface area contributed by atoms with Crippen molar-refractivity contribution in [2.45, 2.75) is 26.4 Å². The van der Waals surface area contributed by atoms with E-state index >= 15 is 0 Å². The van der Waals surface area contributed by atoms with Gasteiger partial charge in [-0.3, -0.25) is 15.0 Å². The normalized spacial score (nSPS) is 10.9. The highest BCUT2D eigenvalue weighted by atomic mass is 16.6. The number of rotatable bonds is 4. The van der Waals surface area contributed by atoms with Crippen molar-refractivity contribution in [3.63, 3.8) is 0 Å². The second-order valence-corrected chi connectivity index (χ2v) is 7.15. The molecule has 0 saturated carbocycles. The predicted octanol–water partition coefficient (Wildman–Crippen LogP) is 3.75. The first-order valence-electron chi connectivity index (χ1n) is 8.76. The molecule has 2 N–H and O–H groups in total. The summed E-state index contributed by atoms with van der Waals surface area (Å²) in [5.74, 6) is -0.985. The van der Waals surface area contributed by atoms with Crippen LogP contribution >= 0.6 is 0 Å². The van der Waals surface area contributed by atoms with Crippen molar-refractivity contribution < 1.29 is 23.8 Å². The number of benzene rings is 1. The zero-order valence-electron chi connectivity index (χ0n) is 16.9. The Morgan fingerprint density at radius 1 is 1.23 bits per heavy atom. The van der Waals surface area contributed by atoms with E-state index in [1.54, 1.807) is 26.8 Å². The van der Waals surface area contributed by atoms with E-state index in [1.807, 2.05) is 12.1 Å². The second-order valence-electron chi connectivity index (χ2n) is 7.15. The fraction of sp³-hybridized carbons (Fsp3) is 0.238. The maximum atomic E-state index is 12.2. The van der Waals surface area contributed by atoms with Crippen LogP contribution in [0.4, 0.5) is 16.4 Å². The van der Waals surface area contributed by atoms with Gasteiger partial charge in [0, 0.05) is 13.1 Å². The maximum absolute atomic E-state index is 12.2. The van der Waals surface area contributed by atoms with Crippen LogP contribution in [0.3, 0.4) is 0 Å². The van der Waals surface area contributed by atoms with E-state index in [2.05, 4.69) is 5.32 Å². The van der Waals surface area contributed by atoms with Crippen LogP contribution in [-0.4, -0.2) is 29.8 Å². The molecule has 0 spiro atoms. The van der Waals surface area contributed by atoms with Gasteiger partial charge in [0.05, 0.1) is 0 Å². The average Bonchev–Trinajstić information content (AvgIpc) is 3.06. The Balaban J connectivity index is 2.19. The number of hydrogen-bond acceptors (Lipinski definition) is 7. The molecule has 1 aromatic carbocycles. The van der Waals surface area contributed by atoms with Crippen LogP contribution in [0.2, 0.25) is 0 Å². The Morgan fingerprint density at radius 2 is 1.90 bits per heavy atom. The minimum atomic E-state index is -0.724. The smallest absolute Gasteiger partial charge is 0.414 e. The van der Waals surface area contributed by atoms with Gasteiger partial charge in [-0.2, -0.15) is 10.5 Å². The lowest BCUT2D eigenvalue weighted by Gasteiger charge is -2.23. The summed E-state index contributed by atoms with van der Waals surface area (Å²) in [5.41, 5.74) is -0.278. The SMILES string of the molecule is CN(C(=O)OC(C)(C)C)c1coc(NC(=O)C=Cc2cccc(O)c2C#N)c1C#N. The molecule has 0 unspecified atom stereocenters. The first kappa shape index (κ1) is 22.1. The monoisotopic (exact) mass is 408 g/mol. The van der Waals surface area contributed by atoms with Crippen molar-refractivity contribution in [2.24, 2.45) is 0 Å². The van der Waals surface area contributed by atoms with Crippen LogP contribution in [-0.2, 0) is 9.53 Å². The van der Waals surface area contributed by atoms with Gasteiger partial charge in [-0.15, -0.1) is 0 Å². The van der Waals surface area contributed by atoms with Crippen LogP contribution in [0.15, 0.2) is 35.0 Å². The summed E-state index contributed by atoms with van der Waals surface area (Å²) in [6.45, 7) is 5.13. The van der Waals surface area contributed by atoms with Crippen molar-refractivity contribution in [1.82, 2.24) is 0 Å². The van der Waals surface area contributed by atoms with Gasteiger partial charge < -0.3 is 14.3 Å². The Labute approximate surface area is 173 Å². The van der Waals surface area contributed by atoms with E-state index < -0.39 is 17.6 Å². The number of nitrogens with one attached hydrogen (secondary N) is 1. The zero-order chi connectivity index (χ0) is 22.5. The molecule has 30 heavy (non-hydrogen) atoms. The number of carbonyl (C=O) groups is 2. The lowest BCUT2D eigenvalue weighted by molar-refractivity contribution is -0.111. The van der Waals surface area contributed by atoms with Crippen LogP contribution in [0.25, 0.3) is 6.08 Å². The number of phenols is 1. The molecule has 0 aliphatic heterocycles. The highest BCUT2D eigenvalue weighted by Gasteiger charge is 2.26. The summed E-state index contributed by atoms with van der Waals surface area (Å²) in [7, 11) is 1.41. The number of hydrogen-bond donors (Lipinski definition) is 2. The molecule has 0 radical (unpaired) electrons. The molecule has 1 aromatic heterocycles. The minimum absolute atomic E-state index is 0.0264. The third kappa shape index (κ3) is 5.18. The molecule has 154 valence electrons. The quantitative estimate of drug-likeness (QED) is 0.734. The number of anilines is 2. The maximum Gasteiger partial charge on any atom is 0.414 e. The molecule has 9 heteroatoms. The molecule has 1 heterocycles. The van der Waals surface area contributed by atoms with Crippen molar-refractivity contribution in [3.8, 4) is 17.9 Å². The Morgan fingerprint density at radius 3 is 2.50 bits per heavy atom. The highest BCUT2D eigenvalue weighted by molar-refractivity contribution is 6.03. The number of nitrogens with zero attached hydrogens (tertiary/aromatic N) is 3. The molecule has 2 amide bonds. The summed E-state index contributed by atoms with van der Waals surface area (Å²) in [6.07, 6.45) is 2.93. The number of carbonyl (C=O) groups excluding carboxylic acids is 2. The molecule has 0 aliphatic carbocycles. The summed E-state index contributed by atoms with van der Waals surface area (Å²) in [5, 5.41) is 30.6. The summed E-state index contributed by atoms with van der Waals surface area (Å²) in [6, 6.07) is 8.20. The second kappa shape index (κ2) is 8.84. The van der Waals surface area contributed by atoms with Gasteiger partial charge in [-0.1, -0.05) is 12.1 Å². The van der Waals surface area contributed by atoms with Crippen molar-refractivity contribution in [3.05, 3.63) is 47.2 Å². The topological polar surface area (TPSA) is 140 Å². The number of phenolic OH excluding ortho intramolecular Hbond substituents is 1. The summed E-state index contributed by atoms with van der Waals surface area (Å²) >= 11 is 0. The Bertz CT molecular complexity index is 1080. The molecule has 0 fully saturated rings. The van der Waals surface area contributed by atoms with Gasteiger partial charge in [0.2, 0.25) is 5.88 Å². The fourth-order valence-corrected chi connectivity index (χ4v) is 2.36. The van der Waals surface area contributed by atoms with E-state index in [0.717, 1.165) is 17.2 Å². The fourth-order valence-electron chi connectivity index (χ4n) is 2.36. The van der Waals surface area contributed by atoms with Gasteiger partial charge in [0.15, 0.2) is 0 Å². The van der Waals surface area contributed by atoms with Crippen molar-refractivity contribution >= 4 is 29.6 Å². The van der Waals surface area contributed by atoms with Gasteiger partial charge in [0.1, 0.15) is 46.6 Å². The first-order valence-corrected chi connectivity index (χ1v) is 8.76. The Kier molecular flexibility index (Phi) is 6.50. The van der Waals surface area contributed by atoms with Crippen LogP contribution in [0.1, 0.15) is 37.5 Å². The highest BCUT2D eigenvalue weighted by Crippen LogP contribution is 2.30. The molecule has 0 bridgehead atoms. The lowest BCUT2D eigenvalue weighted by Crippen LogP contribution is -2.34. The third-order valence-corrected chi connectivity index (χ3v) is 3.75. The lowest BCUT2D eigenvalue weighted by atomic mass is 10.1. The van der Waals surface area contributed by atoms with E-state index in [1.165, 1.54) is 25.3 Å². The molecular formula is C21H20N4O5. The molecule has 2 aromatic rings. The molecule has 9 nitrogen and oxygen atoms in total. The van der Waals surface area contributed by atoms with E-state index in [4.69, 9.17) is 14.4 Å². The van der Waals surface area contributed by atoms with Gasteiger partial charge in [-0.25, -0.2) is 4.79 Å². The van der Waals surface area contributed by atoms with Crippen molar-refractivity contribution in [2.75, 3.05) is 17.3 Å². The molecule has 2 rings (SSSR count). The van der Waals surface area contributed by atoms with Crippen molar-refractivity contribution in [1.29, 1.82) is 10.5 Å². The van der Waals surface area contributed by atoms with Crippen LogP contribution < -0.4 is 10.2 Å². The molecule has 0 aliphatic rings. The van der Waals surface area contributed by atoms with Crippen LogP contribution in [0, 0.1) is 22.7 Å². The standard InChI is InChI=1S/C21H20N4O5/c1-21(2,3)30-20(28)25(4)16-12-29-19(15(16)11-23)24-18(27)9-8-13-6-5-7-17(26)14(13)10-22/h5-9,12,26H,1-4H3,(H,24,27). The van der Waals surface area contributed by atoms with E-state index in [0.29, 0.717) is 5.56 Å². The minimum Gasteiger partial charge on any atom is -0.507 e. The predicted molar refractivity (Wildman–Crippen MR) is 109 cm³/mol. The third-order valence-electron chi connectivity index (χ3n) is 3.75. The molecular weight excluding hydrogens is 388 g/mol.